The highest BCUT2D eigenvalue weighted by Crippen LogP contribution is 2.44. The van der Waals surface area contributed by atoms with Gasteiger partial charge in [0.05, 0.1) is 11.1 Å². The first-order valence-corrected chi connectivity index (χ1v) is 9.96. The number of rotatable bonds is 7. The van der Waals surface area contributed by atoms with Crippen molar-refractivity contribution < 1.29 is 28.7 Å². The second kappa shape index (κ2) is 8.19. The van der Waals surface area contributed by atoms with E-state index in [1.54, 1.807) is 0 Å². The van der Waals surface area contributed by atoms with Gasteiger partial charge in [-0.1, -0.05) is 46.0 Å². The van der Waals surface area contributed by atoms with Crippen LogP contribution in [-0.4, -0.2) is 23.9 Å². The predicted octanol–water partition coefficient (Wildman–Crippen LogP) is 3.54. The van der Waals surface area contributed by atoms with E-state index < -0.39 is 23.9 Å². The number of hydrogen-bond donors (Lipinski definition) is 0. The van der Waals surface area contributed by atoms with Crippen molar-refractivity contribution in [1.29, 1.82) is 0 Å². The fourth-order valence-corrected chi connectivity index (χ4v) is 4.36. The number of ether oxygens (including phenoxy) is 2. The normalized spacial score (nSPS) is 25.3. The van der Waals surface area contributed by atoms with Crippen molar-refractivity contribution in [2.45, 2.75) is 71.6 Å². The summed E-state index contributed by atoms with van der Waals surface area (Å²) in [6, 6.07) is 0. The summed E-state index contributed by atoms with van der Waals surface area (Å²) in [5.41, 5.74) is 1.60. The number of hydrogen-bond acceptors (Lipinski definition) is 6. The maximum atomic E-state index is 12.4. The van der Waals surface area contributed by atoms with Crippen LogP contribution in [0.4, 0.5) is 0 Å². The standard InChI is InChI=1S/C21H26O6/c1-3-5-7-9-13-11-15-16(20(24)26-19(15)23)12(8-6-4-2)10-14-17(13)21(25)27-18(14)22/h12-13H,3-11H2,1-2H3/t12-,13-/m1/s1. The van der Waals surface area contributed by atoms with Crippen molar-refractivity contribution in [2.24, 2.45) is 11.8 Å². The highest BCUT2D eigenvalue weighted by Gasteiger charge is 2.46. The lowest BCUT2D eigenvalue weighted by Gasteiger charge is -2.24. The molecule has 6 heteroatoms. The van der Waals surface area contributed by atoms with Gasteiger partial charge >= 0.3 is 23.9 Å². The highest BCUT2D eigenvalue weighted by molar-refractivity contribution is 6.15. The molecule has 2 heterocycles. The Morgan fingerprint density at radius 1 is 0.667 bits per heavy atom. The number of carbonyl (C=O) groups is 4. The molecule has 0 fully saturated rings. The molecule has 0 spiro atoms. The summed E-state index contributed by atoms with van der Waals surface area (Å²) in [6.45, 7) is 4.13. The van der Waals surface area contributed by atoms with Crippen molar-refractivity contribution in [1.82, 2.24) is 0 Å². The van der Waals surface area contributed by atoms with E-state index in [1.807, 2.05) is 6.92 Å². The molecular formula is C21H26O6. The predicted molar refractivity (Wildman–Crippen MR) is 96.1 cm³/mol. The van der Waals surface area contributed by atoms with Crippen LogP contribution >= 0.6 is 0 Å². The summed E-state index contributed by atoms with van der Waals surface area (Å²) in [5.74, 6) is -2.96. The average molecular weight is 374 g/mol. The molecule has 2 atom stereocenters. The van der Waals surface area contributed by atoms with Crippen LogP contribution in [0.5, 0.6) is 0 Å². The van der Waals surface area contributed by atoms with E-state index in [0.717, 1.165) is 32.1 Å². The van der Waals surface area contributed by atoms with Gasteiger partial charge in [0.15, 0.2) is 0 Å². The minimum Gasteiger partial charge on any atom is -0.386 e. The van der Waals surface area contributed by atoms with Crippen LogP contribution in [-0.2, 0) is 28.7 Å². The molecule has 0 saturated heterocycles. The Hall–Kier alpha value is -2.24. The summed E-state index contributed by atoms with van der Waals surface area (Å²) in [6.07, 6.45) is 6.53. The first-order chi connectivity index (χ1) is 13.0. The molecule has 146 valence electrons. The lowest BCUT2D eigenvalue weighted by Crippen LogP contribution is -2.20. The Morgan fingerprint density at radius 2 is 1.11 bits per heavy atom. The second-order valence-corrected chi connectivity index (χ2v) is 7.58. The molecule has 6 nitrogen and oxygen atoms in total. The molecule has 0 amide bonds. The van der Waals surface area contributed by atoms with Gasteiger partial charge < -0.3 is 9.47 Å². The Labute approximate surface area is 159 Å². The minimum absolute atomic E-state index is 0.255. The molecule has 27 heavy (non-hydrogen) atoms. The second-order valence-electron chi connectivity index (χ2n) is 7.58. The van der Waals surface area contributed by atoms with Gasteiger partial charge in [0, 0.05) is 11.1 Å². The van der Waals surface area contributed by atoms with Gasteiger partial charge in [0.2, 0.25) is 0 Å². The van der Waals surface area contributed by atoms with Crippen LogP contribution < -0.4 is 0 Å². The lowest BCUT2D eigenvalue weighted by molar-refractivity contribution is -0.153. The third-order valence-electron chi connectivity index (χ3n) is 5.73. The van der Waals surface area contributed by atoms with E-state index in [2.05, 4.69) is 6.92 Å². The van der Waals surface area contributed by atoms with E-state index in [0.29, 0.717) is 35.1 Å². The highest BCUT2D eigenvalue weighted by atomic mass is 16.6. The summed E-state index contributed by atoms with van der Waals surface area (Å²) in [4.78, 5) is 49.4. The summed E-state index contributed by atoms with van der Waals surface area (Å²) in [7, 11) is 0. The smallest absolute Gasteiger partial charge is 0.342 e. The molecule has 0 unspecified atom stereocenters. The van der Waals surface area contributed by atoms with E-state index in [1.165, 1.54) is 0 Å². The lowest BCUT2D eigenvalue weighted by atomic mass is 9.76. The fraction of sp³-hybridized carbons (Fsp3) is 0.619. The number of esters is 4. The van der Waals surface area contributed by atoms with Crippen molar-refractivity contribution in [2.75, 3.05) is 0 Å². The number of unbranched alkanes of at least 4 members (excludes halogenated alkanes) is 3. The van der Waals surface area contributed by atoms with Crippen LogP contribution in [0.2, 0.25) is 0 Å². The molecule has 0 aromatic rings. The molecular weight excluding hydrogens is 348 g/mol. The molecule has 1 aliphatic carbocycles. The van der Waals surface area contributed by atoms with E-state index >= 15 is 0 Å². The summed E-state index contributed by atoms with van der Waals surface area (Å²) < 4.78 is 9.82. The fourth-order valence-electron chi connectivity index (χ4n) is 4.36. The van der Waals surface area contributed by atoms with Crippen LogP contribution in [0.25, 0.3) is 0 Å². The average Bonchev–Trinajstić information content (AvgIpc) is 3.03. The van der Waals surface area contributed by atoms with E-state index in [4.69, 9.17) is 9.47 Å². The maximum Gasteiger partial charge on any atom is 0.342 e. The first-order valence-electron chi connectivity index (χ1n) is 9.96. The van der Waals surface area contributed by atoms with Crippen LogP contribution in [0, 0.1) is 11.8 Å². The van der Waals surface area contributed by atoms with Crippen molar-refractivity contribution in [3.63, 3.8) is 0 Å². The zero-order valence-corrected chi connectivity index (χ0v) is 16.0. The van der Waals surface area contributed by atoms with E-state index in [-0.39, 0.29) is 24.7 Å². The largest absolute Gasteiger partial charge is 0.386 e. The Balaban J connectivity index is 2.02. The molecule has 0 aromatic carbocycles. The van der Waals surface area contributed by atoms with Crippen molar-refractivity contribution in [3.05, 3.63) is 22.3 Å². The third kappa shape index (κ3) is 3.75. The SMILES string of the molecule is CCCCC[C@@H]1CC2=C(C(=O)OC2=O)[C@H](CCCC)CC2=C1C(=O)OC2=O. The van der Waals surface area contributed by atoms with Gasteiger partial charge in [-0.15, -0.1) is 0 Å². The van der Waals surface area contributed by atoms with Crippen molar-refractivity contribution >= 4 is 23.9 Å². The quantitative estimate of drug-likeness (QED) is 0.385. The monoisotopic (exact) mass is 374 g/mol. The van der Waals surface area contributed by atoms with Gasteiger partial charge in [-0.05, 0) is 37.5 Å². The minimum atomic E-state index is -0.598. The van der Waals surface area contributed by atoms with E-state index in [9.17, 15) is 19.2 Å². The molecule has 2 aliphatic heterocycles. The van der Waals surface area contributed by atoms with Crippen LogP contribution in [0.15, 0.2) is 22.3 Å². The first kappa shape index (κ1) is 19.5. The molecule has 0 bridgehead atoms. The molecule has 3 aliphatic rings. The van der Waals surface area contributed by atoms with Gasteiger partial charge in [-0.3, -0.25) is 0 Å². The van der Waals surface area contributed by atoms with Gasteiger partial charge in [0.25, 0.3) is 0 Å². The molecule has 0 aromatic heterocycles. The van der Waals surface area contributed by atoms with Gasteiger partial charge in [-0.25, -0.2) is 19.2 Å². The number of carbonyl (C=O) groups excluding carboxylic acids is 4. The summed E-state index contributed by atoms with van der Waals surface area (Å²) in [5, 5.41) is 0. The third-order valence-corrected chi connectivity index (χ3v) is 5.73. The van der Waals surface area contributed by atoms with Crippen LogP contribution in [0.1, 0.15) is 71.6 Å². The molecule has 3 rings (SSSR count). The van der Waals surface area contributed by atoms with Gasteiger partial charge in [0.1, 0.15) is 0 Å². The number of cyclic esters (lactones) is 4. The maximum absolute atomic E-state index is 12.4. The Bertz CT molecular complexity index is 742. The molecule has 0 saturated carbocycles. The Kier molecular flexibility index (Phi) is 5.92. The Morgan fingerprint density at radius 3 is 1.56 bits per heavy atom. The zero-order valence-electron chi connectivity index (χ0n) is 16.0. The summed E-state index contributed by atoms with van der Waals surface area (Å²) >= 11 is 0. The molecule has 0 radical (unpaired) electrons. The zero-order chi connectivity index (χ0) is 19.6. The topological polar surface area (TPSA) is 86.7 Å². The van der Waals surface area contributed by atoms with Crippen molar-refractivity contribution in [3.8, 4) is 0 Å². The molecule has 0 N–H and O–H groups in total. The van der Waals surface area contributed by atoms with Crippen LogP contribution in [0.3, 0.4) is 0 Å². The van der Waals surface area contributed by atoms with Gasteiger partial charge in [-0.2, -0.15) is 0 Å².